The van der Waals surface area contributed by atoms with Gasteiger partial charge in [-0.1, -0.05) is 11.3 Å². The lowest BCUT2D eigenvalue weighted by molar-refractivity contribution is -0.143. The summed E-state index contributed by atoms with van der Waals surface area (Å²) in [5, 5.41) is 0. The largest absolute Gasteiger partial charge is 0.497 e. The van der Waals surface area contributed by atoms with Crippen LogP contribution >= 0.6 is 11.3 Å². The van der Waals surface area contributed by atoms with E-state index in [0.717, 1.165) is 16.0 Å². The summed E-state index contributed by atoms with van der Waals surface area (Å²) in [6.07, 6.45) is 0. The fourth-order valence-electron chi connectivity index (χ4n) is 2.84. The molecule has 0 aliphatic rings. The van der Waals surface area contributed by atoms with Gasteiger partial charge in [-0.25, -0.2) is 0 Å². The second-order valence-corrected chi connectivity index (χ2v) is 7.32. The Kier molecular flexibility index (Phi) is 7.66. The normalized spacial score (nSPS) is 11.4. The minimum atomic E-state index is -0.468. The number of carbonyl (C=O) groups is 2. The van der Waals surface area contributed by atoms with E-state index in [2.05, 4.69) is 4.99 Å². The fourth-order valence-corrected chi connectivity index (χ4v) is 3.91. The van der Waals surface area contributed by atoms with E-state index in [1.54, 1.807) is 48.9 Å². The molecule has 1 amide bonds. The Balaban J connectivity index is 1.83. The number of ether oxygens (including phenoxy) is 4. The second kappa shape index (κ2) is 10.6. The molecule has 0 N–H and O–H groups in total. The molecule has 8 nitrogen and oxygen atoms in total. The van der Waals surface area contributed by atoms with Gasteiger partial charge in [-0.2, -0.15) is 4.99 Å². The number of hydrogen-bond donors (Lipinski definition) is 0. The summed E-state index contributed by atoms with van der Waals surface area (Å²) in [5.41, 5.74) is 0.762. The molecule has 0 fully saturated rings. The third kappa shape index (κ3) is 5.85. The van der Waals surface area contributed by atoms with Crippen LogP contribution in [-0.4, -0.2) is 43.4 Å². The molecule has 0 saturated heterocycles. The molecule has 3 rings (SSSR count). The molecule has 1 heterocycles. The van der Waals surface area contributed by atoms with E-state index in [1.165, 1.54) is 11.3 Å². The monoisotopic (exact) mass is 444 g/mol. The van der Waals surface area contributed by atoms with Gasteiger partial charge in [0.15, 0.2) is 11.4 Å². The molecule has 164 valence electrons. The molecule has 0 bridgehead atoms. The number of esters is 1. The van der Waals surface area contributed by atoms with E-state index in [9.17, 15) is 9.59 Å². The number of benzene rings is 2. The van der Waals surface area contributed by atoms with Crippen LogP contribution in [0.1, 0.15) is 13.8 Å². The van der Waals surface area contributed by atoms with Crippen molar-refractivity contribution in [3.63, 3.8) is 0 Å². The van der Waals surface area contributed by atoms with Crippen LogP contribution in [0.3, 0.4) is 0 Å². The van der Waals surface area contributed by atoms with Gasteiger partial charge >= 0.3 is 5.97 Å². The maximum Gasteiger partial charge on any atom is 0.326 e. The second-order valence-electron chi connectivity index (χ2n) is 6.31. The minimum absolute atomic E-state index is 0.0496. The minimum Gasteiger partial charge on any atom is -0.497 e. The predicted octanol–water partition coefficient (Wildman–Crippen LogP) is 3.18. The van der Waals surface area contributed by atoms with Crippen LogP contribution in [0, 0.1) is 0 Å². The molecule has 2 aromatic carbocycles. The summed E-state index contributed by atoms with van der Waals surface area (Å²) in [4.78, 5) is 29.1. The number of rotatable bonds is 9. The summed E-state index contributed by atoms with van der Waals surface area (Å²) in [6, 6.07) is 12.4. The van der Waals surface area contributed by atoms with Crippen molar-refractivity contribution in [1.82, 2.24) is 4.57 Å². The summed E-state index contributed by atoms with van der Waals surface area (Å²) in [5.74, 6) is 1.07. The van der Waals surface area contributed by atoms with E-state index in [1.807, 2.05) is 19.1 Å². The van der Waals surface area contributed by atoms with Gasteiger partial charge in [-0.3, -0.25) is 9.59 Å². The van der Waals surface area contributed by atoms with Gasteiger partial charge in [0.2, 0.25) is 0 Å². The lowest BCUT2D eigenvalue weighted by atomic mass is 10.3. The fraction of sp³-hybridized carbons (Fsp3) is 0.318. The first kappa shape index (κ1) is 22.4. The van der Waals surface area contributed by atoms with Crippen LogP contribution in [0.15, 0.2) is 47.5 Å². The van der Waals surface area contributed by atoms with Crippen molar-refractivity contribution in [1.29, 1.82) is 0 Å². The Hall–Kier alpha value is -3.33. The number of nitrogens with zero attached hydrogens (tertiary/aromatic N) is 2. The average Bonchev–Trinajstić information content (AvgIpc) is 3.09. The Morgan fingerprint density at radius 3 is 2.29 bits per heavy atom. The van der Waals surface area contributed by atoms with Crippen molar-refractivity contribution in [3.05, 3.63) is 47.3 Å². The van der Waals surface area contributed by atoms with E-state index >= 15 is 0 Å². The first-order valence-electron chi connectivity index (χ1n) is 9.80. The average molecular weight is 445 g/mol. The number of thiazole rings is 1. The highest BCUT2D eigenvalue weighted by Gasteiger charge is 2.13. The Labute approximate surface area is 183 Å². The highest BCUT2D eigenvalue weighted by molar-refractivity contribution is 7.16. The van der Waals surface area contributed by atoms with Gasteiger partial charge in [0.1, 0.15) is 23.8 Å². The zero-order valence-electron chi connectivity index (χ0n) is 17.6. The number of methoxy groups -OCH3 is 1. The Morgan fingerprint density at radius 1 is 0.968 bits per heavy atom. The zero-order valence-corrected chi connectivity index (χ0v) is 18.4. The standard InChI is InChI=1S/C22H24N2O6S/c1-4-28-15-6-8-16(9-7-15)30-14-20(25)23-22-24(13-21(26)29-5-2)18-11-10-17(27-3)12-19(18)31-22/h6-12H,4-5,13-14H2,1-3H3. The molecule has 0 atom stereocenters. The molecular weight excluding hydrogens is 420 g/mol. The smallest absolute Gasteiger partial charge is 0.326 e. The number of hydrogen-bond acceptors (Lipinski definition) is 7. The van der Waals surface area contributed by atoms with Crippen LogP contribution in [-0.2, 0) is 20.9 Å². The van der Waals surface area contributed by atoms with Gasteiger partial charge in [-0.15, -0.1) is 0 Å². The first-order chi connectivity index (χ1) is 15.0. The van der Waals surface area contributed by atoms with Crippen LogP contribution in [0.4, 0.5) is 0 Å². The zero-order chi connectivity index (χ0) is 22.2. The molecular formula is C22H24N2O6S. The van der Waals surface area contributed by atoms with Crippen molar-refractivity contribution in [2.24, 2.45) is 4.99 Å². The van der Waals surface area contributed by atoms with Crippen LogP contribution in [0.5, 0.6) is 17.2 Å². The van der Waals surface area contributed by atoms with Gasteiger partial charge in [0.05, 0.1) is 30.5 Å². The Bertz CT molecular complexity index is 1120. The van der Waals surface area contributed by atoms with E-state index in [-0.39, 0.29) is 19.8 Å². The summed E-state index contributed by atoms with van der Waals surface area (Å²) < 4.78 is 23.7. The van der Waals surface area contributed by atoms with E-state index in [4.69, 9.17) is 18.9 Å². The van der Waals surface area contributed by atoms with Crippen molar-refractivity contribution in [2.45, 2.75) is 20.4 Å². The van der Waals surface area contributed by atoms with Gasteiger partial charge in [-0.05, 0) is 56.3 Å². The molecule has 0 radical (unpaired) electrons. The molecule has 3 aromatic rings. The van der Waals surface area contributed by atoms with E-state index in [0.29, 0.717) is 22.9 Å². The first-order valence-corrected chi connectivity index (χ1v) is 10.6. The van der Waals surface area contributed by atoms with Crippen molar-refractivity contribution in [3.8, 4) is 17.2 Å². The Morgan fingerprint density at radius 2 is 1.65 bits per heavy atom. The van der Waals surface area contributed by atoms with Crippen molar-refractivity contribution in [2.75, 3.05) is 26.9 Å². The number of amides is 1. The molecule has 1 aromatic heterocycles. The van der Waals surface area contributed by atoms with Gasteiger partial charge < -0.3 is 23.5 Å². The summed E-state index contributed by atoms with van der Waals surface area (Å²) >= 11 is 1.29. The maximum atomic E-state index is 12.5. The summed E-state index contributed by atoms with van der Waals surface area (Å²) in [7, 11) is 1.58. The molecule has 0 spiro atoms. The molecule has 0 saturated carbocycles. The lowest BCUT2D eigenvalue weighted by Crippen LogP contribution is -2.24. The topological polar surface area (TPSA) is 88.4 Å². The molecule has 9 heteroatoms. The number of aromatic nitrogens is 1. The lowest BCUT2D eigenvalue weighted by Gasteiger charge is -2.06. The molecule has 0 aliphatic heterocycles. The molecule has 0 aliphatic carbocycles. The third-order valence-electron chi connectivity index (χ3n) is 4.20. The van der Waals surface area contributed by atoms with Gasteiger partial charge in [0, 0.05) is 0 Å². The maximum absolute atomic E-state index is 12.5. The van der Waals surface area contributed by atoms with Gasteiger partial charge in [0.25, 0.3) is 5.91 Å². The van der Waals surface area contributed by atoms with Crippen LogP contribution in [0.25, 0.3) is 10.2 Å². The number of fused-ring (bicyclic) bond motifs is 1. The molecule has 31 heavy (non-hydrogen) atoms. The predicted molar refractivity (Wildman–Crippen MR) is 117 cm³/mol. The quantitative estimate of drug-likeness (QED) is 0.471. The van der Waals surface area contributed by atoms with Crippen LogP contribution in [0.2, 0.25) is 0 Å². The van der Waals surface area contributed by atoms with Crippen molar-refractivity contribution >= 4 is 33.4 Å². The van der Waals surface area contributed by atoms with Crippen molar-refractivity contribution < 1.29 is 28.5 Å². The highest BCUT2D eigenvalue weighted by Crippen LogP contribution is 2.23. The number of carbonyl (C=O) groups excluding carboxylic acids is 2. The van der Waals surface area contributed by atoms with Crippen LogP contribution < -0.4 is 19.0 Å². The highest BCUT2D eigenvalue weighted by atomic mass is 32.1. The molecule has 0 unspecified atom stereocenters. The summed E-state index contributed by atoms with van der Waals surface area (Å²) in [6.45, 7) is 4.22. The third-order valence-corrected chi connectivity index (χ3v) is 5.24. The SMILES string of the molecule is CCOC(=O)Cn1c(=NC(=O)COc2ccc(OCC)cc2)sc2cc(OC)ccc21. The van der Waals surface area contributed by atoms with E-state index < -0.39 is 11.9 Å².